The zero-order chi connectivity index (χ0) is 59.3. The largest absolute Gasteiger partial charge is 0.471 e. The van der Waals surface area contributed by atoms with Gasteiger partial charge in [-0.3, -0.25) is 4.79 Å². The van der Waals surface area contributed by atoms with E-state index in [-0.39, 0.29) is 12.3 Å². The Hall–Kier alpha value is -3.76. The number of rotatable bonds is 43. The van der Waals surface area contributed by atoms with E-state index in [4.69, 9.17) is 20.1 Å². The van der Waals surface area contributed by atoms with E-state index < -0.39 is 5.97 Å². The summed E-state index contributed by atoms with van der Waals surface area (Å²) in [5.74, 6) is -0.535. The Morgan fingerprint density at radius 3 is 1.19 bits per heavy atom. The van der Waals surface area contributed by atoms with Gasteiger partial charge in [-0.25, -0.2) is 4.85 Å². The van der Waals surface area contributed by atoms with Crippen LogP contribution in [0.1, 0.15) is 272 Å². The number of aryl methyl sites for hydroxylation is 6. The number of nitrogens with zero attached hydrogens (tertiary/aromatic N) is 3. The minimum Gasteiger partial charge on any atom is -0.471 e. The lowest BCUT2D eigenvalue weighted by atomic mass is 10.0. The fraction of sp³-hybridized carbons (Fsp3) is 0.589. The van der Waals surface area contributed by atoms with Crippen molar-refractivity contribution in [1.82, 2.24) is 8.75 Å². The Bertz CT molecular complexity index is 3110. The van der Waals surface area contributed by atoms with Gasteiger partial charge in [-0.05, 0) is 142 Å². The molecular formula is C73H101N3O2S6. The molecule has 456 valence electrons. The summed E-state index contributed by atoms with van der Waals surface area (Å²) in [5.41, 5.74) is 11.7. The average molecular weight is 1250 g/mol. The lowest BCUT2D eigenvalue weighted by Crippen LogP contribution is -2.04. The summed E-state index contributed by atoms with van der Waals surface area (Å²) in [4.78, 5) is 30.1. The lowest BCUT2D eigenvalue weighted by Gasteiger charge is -2.04. The summed E-state index contributed by atoms with van der Waals surface area (Å²) in [6.07, 6.45) is 45.4. The first-order valence-corrected chi connectivity index (χ1v) is 38.2. The van der Waals surface area contributed by atoms with Crippen molar-refractivity contribution in [3.63, 3.8) is 0 Å². The molecule has 0 saturated carbocycles. The smallest absolute Gasteiger partial charge is 0.336 e. The molecular weight excluding hydrogens is 1140 g/mol. The first-order valence-electron chi connectivity index (χ1n) is 33.4. The van der Waals surface area contributed by atoms with E-state index in [1.165, 1.54) is 282 Å². The molecule has 84 heavy (non-hydrogen) atoms. The van der Waals surface area contributed by atoms with Gasteiger partial charge in [0, 0.05) is 59.9 Å². The van der Waals surface area contributed by atoms with Crippen LogP contribution in [0.25, 0.3) is 72.1 Å². The lowest BCUT2D eigenvalue weighted by molar-refractivity contribution is -0.138. The molecule has 1 aromatic carbocycles. The van der Waals surface area contributed by atoms with E-state index in [0.717, 1.165) is 48.0 Å². The number of unbranched alkanes of at least 4 members (excludes halogenated alkanes) is 25. The fourth-order valence-corrected chi connectivity index (χ4v) is 18.7. The minimum absolute atomic E-state index is 0.0609. The Kier molecular flexibility index (Phi) is 30.5. The van der Waals surface area contributed by atoms with Crippen molar-refractivity contribution in [2.75, 3.05) is 6.61 Å². The standard InChI is InChI=1S/C73H101N3O2S6/c1-9-15-20-25-30-35-40-54-47-65(79-53(54)7)70-56(42-37-32-27-22-17-11-3)49-63(81-70)59-45-46-60(69-68(59)75-84-76-69)64-50-57(43-38-33-28-23-18-12-4)72(82-64)67-51-58(44-39-34-29-24-19-13-5)71(83-67)66-48-55(41-36-31-26-21-16-10-2)62(80-66)52-61(74-8)73(77)78-14-6/h45-52H,9-44H2,1-7H3/b61-52-. The summed E-state index contributed by atoms with van der Waals surface area (Å²) >= 11 is 11.0. The van der Waals surface area contributed by atoms with E-state index >= 15 is 0 Å². The molecule has 0 unspecified atom stereocenters. The van der Waals surface area contributed by atoms with Crippen molar-refractivity contribution >= 4 is 91.5 Å². The molecule has 7 aromatic rings. The fourth-order valence-electron chi connectivity index (χ4n) is 11.8. The average Bonchev–Trinajstić information content (AvgIpc) is 4.52. The summed E-state index contributed by atoms with van der Waals surface area (Å²) in [7, 11) is 0. The second kappa shape index (κ2) is 37.8. The summed E-state index contributed by atoms with van der Waals surface area (Å²) < 4.78 is 15.7. The zero-order valence-electron chi connectivity index (χ0n) is 52.7. The highest BCUT2D eigenvalue weighted by molar-refractivity contribution is 7.28. The number of aromatic nitrogens is 2. The summed E-state index contributed by atoms with van der Waals surface area (Å²) in [5, 5.41) is 0. The first-order chi connectivity index (χ1) is 41.2. The SMILES string of the molecule is [C-]#[N+]/C(=C\c1sc(-c2sc(-c3sc(-c4ccc(-c5cc(CCCCCCCC)c(-c6cc(CCCCCCCC)c(C)s6)s5)c5nsnc45)cc3CCCCCCCC)cc2CCCCCCCC)cc1CCCCCCCC)C(=O)OCC. The van der Waals surface area contributed by atoms with Gasteiger partial charge in [0.1, 0.15) is 11.0 Å². The van der Waals surface area contributed by atoms with Crippen LogP contribution in [0.5, 0.6) is 0 Å². The molecule has 0 aliphatic carbocycles. The molecule has 0 radical (unpaired) electrons. The molecule has 6 aromatic heterocycles. The maximum Gasteiger partial charge on any atom is 0.336 e. The number of thiophene rings is 5. The van der Waals surface area contributed by atoms with Gasteiger partial charge in [-0.1, -0.05) is 207 Å². The van der Waals surface area contributed by atoms with Crippen molar-refractivity contribution in [3.8, 4) is 50.1 Å². The molecule has 0 saturated heterocycles. The molecule has 5 nitrogen and oxygen atoms in total. The van der Waals surface area contributed by atoms with Gasteiger partial charge in [-0.15, -0.1) is 56.7 Å². The van der Waals surface area contributed by atoms with Crippen molar-refractivity contribution in [1.29, 1.82) is 0 Å². The van der Waals surface area contributed by atoms with E-state index in [1.807, 2.05) is 51.4 Å². The third-order valence-corrected chi connectivity index (χ3v) is 23.7. The van der Waals surface area contributed by atoms with Gasteiger partial charge < -0.3 is 4.74 Å². The topological polar surface area (TPSA) is 56.4 Å². The Morgan fingerprint density at radius 1 is 0.440 bits per heavy atom. The van der Waals surface area contributed by atoms with Crippen molar-refractivity contribution in [3.05, 3.63) is 97.2 Å². The van der Waals surface area contributed by atoms with Crippen LogP contribution in [0, 0.1) is 13.5 Å². The van der Waals surface area contributed by atoms with Crippen LogP contribution in [0.2, 0.25) is 0 Å². The summed E-state index contributed by atoms with van der Waals surface area (Å²) in [6, 6.07) is 17.3. The minimum atomic E-state index is -0.535. The van der Waals surface area contributed by atoms with Crippen LogP contribution in [0.4, 0.5) is 0 Å². The molecule has 0 amide bonds. The van der Waals surface area contributed by atoms with E-state index in [1.54, 1.807) is 23.8 Å². The number of carbonyl (C=O) groups excluding carboxylic acids is 1. The maximum absolute atomic E-state index is 13.1. The second-order valence-electron chi connectivity index (χ2n) is 23.7. The monoisotopic (exact) mass is 1240 g/mol. The normalized spacial score (nSPS) is 11.9. The number of esters is 1. The predicted molar refractivity (Wildman–Crippen MR) is 375 cm³/mol. The number of hydrogen-bond acceptors (Lipinski definition) is 10. The molecule has 0 fully saturated rings. The van der Waals surface area contributed by atoms with Crippen LogP contribution >= 0.6 is 68.4 Å². The highest BCUT2D eigenvalue weighted by atomic mass is 32.1. The summed E-state index contributed by atoms with van der Waals surface area (Å²) in [6.45, 7) is 23.9. The van der Waals surface area contributed by atoms with Crippen LogP contribution < -0.4 is 0 Å². The van der Waals surface area contributed by atoms with Crippen LogP contribution in [-0.2, 0) is 41.6 Å². The number of ether oxygens (including phenoxy) is 1. The predicted octanol–water partition coefficient (Wildman–Crippen LogP) is 26.0. The van der Waals surface area contributed by atoms with Gasteiger partial charge in [0.15, 0.2) is 0 Å². The maximum atomic E-state index is 13.1. The van der Waals surface area contributed by atoms with Gasteiger partial charge in [-0.2, -0.15) is 8.75 Å². The number of benzene rings is 1. The second-order valence-corrected chi connectivity index (χ2v) is 29.7. The number of carbonyl (C=O) groups is 1. The zero-order valence-corrected chi connectivity index (χ0v) is 57.6. The molecule has 11 heteroatoms. The van der Waals surface area contributed by atoms with Gasteiger partial charge >= 0.3 is 5.97 Å². The molecule has 0 N–H and O–H groups in total. The molecule has 6 heterocycles. The first kappa shape index (κ1) is 67.7. The quantitative estimate of drug-likeness (QED) is 0.0165. The molecule has 0 spiro atoms. The van der Waals surface area contributed by atoms with Crippen LogP contribution in [-0.4, -0.2) is 21.3 Å². The Labute approximate surface area is 532 Å². The van der Waals surface area contributed by atoms with Crippen LogP contribution in [0.15, 0.2) is 48.2 Å². The molecule has 0 atom stereocenters. The van der Waals surface area contributed by atoms with E-state index in [2.05, 4.69) is 88.9 Å². The molecule has 7 rings (SSSR count). The van der Waals surface area contributed by atoms with Gasteiger partial charge in [0.05, 0.1) is 24.9 Å². The third kappa shape index (κ3) is 20.1. The Balaban J connectivity index is 1.27. The molecule has 0 bridgehead atoms. The van der Waals surface area contributed by atoms with Crippen molar-refractivity contribution < 1.29 is 9.53 Å². The van der Waals surface area contributed by atoms with Gasteiger partial charge in [0.2, 0.25) is 0 Å². The molecule has 0 aliphatic heterocycles. The van der Waals surface area contributed by atoms with E-state index in [9.17, 15) is 4.79 Å². The highest BCUT2D eigenvalue weighted by Crippen LogP contribution is 2.50. The number of fused-ring (bicyclic) bond motifs is 1. The highest BCUT2D eigenvalue weighted by Gasteiger charge is 2.25. The number of hydrogen-bond donors (Lipinski definition) is 0. The molecule has 0 aliphatic rings. The van der Waals surface area contributed by atoms with Crippen molar-refractivity contribution in [2.45, 2.75) is 273 Å². The Morgan fingerprint density at radius 2 is 0.774 bits per heavy atom. The van der Waals surface area contributed by atoms with Crippen molar-refractivity contribution in [2.24, 2.45) is 0 Å². The van der Waals surface area contributed by atoms with E-state index in [0.29, 0.717) is 0 Å². The van der Waals surface area contributed by atoms with Gasteiger partial charge in [0.25, 0.3) is 5.70 Å². The third-order valence-electron chi connectivity index (χ3n) is 16.8. The van der Waals surface area contributed by atoms with Crippen LogP contribution in [0.3, 0.4) is 0 Å².